The van der Waals surface area contributed by atoms with Gasteiger partial charge in [0.05, 0.1) is 4.90 Å². The Balaban J connectivity index is 3.20. The van der Waals surface area contributed by atoms with Gasteiger partial charge in [0, 0.05) is 25.9 Å². The van der Waals surface area contributed by atoms with Gasteiger partial charge in [0.1, 0.15) is 0 Å². The lowest BCUT2D eigenvalue weighted by molar-refractivity contribution is 0.0827. The van der Waals surface area contributed by atoms with Gasteiger partial charge in [-0.05, 0) is 18.2 Å². The Labute approximate surface area is 89.4 Å². The lowest BCUT2D eigenvalue weighted by Crippen LogP contribution is -2.21. The van der Waals surface area contributed by atoms with Crippen LogP contribution < -0.4 is 0 Å². The molecule has 0 radical (unpaired) electrons. The first-order valence-corrected chi connectivity index (χ1v) is 6.23. The normalized spacial score (nSPS) is 11.1. The average molecular weight is 227 g/mol. The highest BCUT2D eigenvalue weighted by Crippen LogP contribution is 2.12. The Morgan fingerprint density at radius 3 is 2.33 bits per heavy atom. The van der Waals surface area contributed by atoms with Crippen LogP contribution in [0.2, 0.25) is 0 Å². The van der Waals surface area contributed by atoms with Gasteiger partial charge in [-0.1, -0.05) is 6.07 Å². The minimum absolute atomic E-state index is 0.162. The summed E-state index contributed by atoms with van der Waals surface area (Å²) in [5, 5.41) is 0. The minimum atomic E-state index is -3.26. The number of hydrogen-bond donors (Lipinski definition) is 0. The first kappa shape index (κ1) is 11.7. The van der Waals surface area contributed by atoms with Crippen molar-refractivity contribution in [1.82, 2.24) is 4.90 Å². The summed E-state index contributed by atoms with van der Waals surface area (Å²) < 4.78 is 22.5. The Morgan fingerprint density at radius 1 is 1.27 bits per heavy atom. The molecule has 0 aliphatic carbocycles. The van der Waals surface area contributed by atoms with E-state index in [1.165, 1.54) is 17.0 Å². The number of nitrogens with zero attached hydrogens (tertiary/aromatic N) is 1. The maximum atomic E-state index is 11.6. The predicted molar refractivity (Wildman–Crippen MR) is 57.6 cm³/mol. The third kappa shape index (κ3) is 2.79. The summed E-state index contributed by atoms with van der Waals surface area (Å²) in [7, 11) is -0.0143. The molecular formula is C10H13NO3S. The Kier molecular flexibility index (Phi) is 3.14. The van der Waals surface area contributed by atoms with Gasteiger partial charge in [0.25, 0.3) is 5.91 Å². The van der Waals surface area contributed by atoms with Crippen molar-refractivity contribution < 1.29 is 13.2 Å². The summed E-state index contributed by atoms with van der Waals surface area (Å²) in [6.07, 6.45) is 1.12. The van der Waals surface area contributed by atoms with Gasteiger partial charge in [-0.25, -0.2) is 8.42 Å². The fourth-order valence-corrected chi connectivity index (χ4v) is 1.78. The van der Waals surface area contributed by atoms with Crippen LogP contribution in [-0.4, -0.2) is 39.6 Å². The van der Waals surface area contributed by atoms with Crippen LogP contribution in [0, 0.1) is 0 Å². The van der Waals surface area contributed by atoms with Crippen molar-refractivity contribution in [3.05, 3.63) is 29.8 Å². The summed E-state index contributed by atoms with van der Waals surface area (Å²) in [5.74, 6) is -0.208. The zero-order chi connectivity index (χ0) is 11.6. The van der Waals surface area contributed by atoms with Gasteiger partial charge in [-0.2, -0.15) is 0 Å². The van der Waals surface area contributed by atoms with Crippen LogP contribution in [0.1, 0.15) is 10.4 Å². The minimum Gasteiger partial charge on any atom is -0.345 e. The molecule has 0 heterocycles. The molecule has 82 valence electrons. The second kappa shape index (κ2) is 4.02. The lowest BCUT2D eigenvalue weighted by atomic mass is 10.2. The van der Waals surface area contributed by atoms with Gasteiger partial charge in [0.15, 0.2) is 9.84 Å². The first-order valence-electron chi connectivity index (χ1n) is 4.34. The highest BCUT2D eigenvalue weighted by atomic mass is 32.2. The number of carbonyl (C=O) groups excluding carboxylic acids is 1. The van der Waals surface area contributed by atoms with E-state index >= 15 is 0 Å². The SMILES string of the molecule is CN(C)C(=O)c1cccc(S(C)(=O)=O)c1. The molecule has 0 bridgehead atoms. The maximum absolute atomic E-state index is 11.6. The van der Waals surface area contributed by atoms with Crippen LogP contribution in [0.5, 0.6) is 0 Å². The van der Waals surface area contributed by atoms with Crippen molar-refractivity contribution in [1.29, 1.82) is 0 Å². The van der Waals surface area contributed by atoms with Crippen LogP contribution in [0.3, 0.4) is 0 Å². The van der Waals surface area contributed by atoms with Crippen molar-refractivity contribution in [2.75, 3.05) is 20.4 Å². The second-order valence-electron chi connectivity index (χ2n) is 3.50. The Morgan fingerprint density at radius 2 is 1.87 bits per heavy atom. The van der Waals surface area contributed by atoms with Crippen LogP contribution in [0.4, 0.5) is 0 Å². The predicted octanol–water partition coefficient (Wildman–Crippen LogP) is 0.792. The maximum Gasteiger partial charge on any atom is 0.253 e. The molecular weight excluding hydrogens is 214 g/mol. The van der Waals surface area contributed by atoms with Gasteiger partial charge < -0.3 is 4.90 Å². The molecule has 15 heavy (non-hydrogen) atoms. The second-order valence-corrected chi connectivity index (χ2v) is 5.52. The third-order valence-electron chi connectivity index (χ3n) is 1.92. The summed E-state index contributed by atoms with van der Waals surface area (Å²) in [6, 6.07) is 6.02. The fourth-order valence-electron chi connectivity index (χ4n) is 1.12. The van der Waals surface area contributed by atoms with Gasteiger partial charge >= 0.3 is 0 Å². The molecule has 0 atom stereocenters. The Hall–Kier alpha value is -1.36. The van der Waals surface area contributed by atoms with Crippen LogP contribution in [0.25, 0.3) is 0 Å². The number of benzene rings is 1. The molecule has 5 heteroatoms. The van der Waals surface area contributed by atoms with E-state index in [1.807, 2.05) is 0 Å². The molecule has 0 saturated heterocycles. The van der Waals surface area contributed by atoms with E-state index < -0.39 is 9.84 Å². The lowest BCUT2D eigenvalue weighted by Gasteiger charge is -2.10. The van der Waals surface area contributed by atoms with E-state index in [2.05, 4.69) is 0 Å². The first-order chi connectivity index (χ1) is 6.82. The van der Waals surface area contributed by atoms with Crippen molar-refractivity contribution in [3.8, 4) is 0 Å². The van der Waals surface area contributed by atoms with E-state index in [-0.39, 0.29) is 10.8 Å². The summed E-state index contributed by atoms with van der Waals surface area (Å²) in [6.45, 7) is 0. The van der Waals surface area contributed by atoms with E-state index in [1.54, 1.807) is 26.2 Å². The van der Waals surface area contributed by atoms with Crippen LogP contribution in [0.15, 0.2) is 29.2 Å². The molecule has 0 N–H and O–H groups in total. The Bertz CT molecular complexity index is 477. The van der Waals surface area contributed by atoms with Crippen LogP contribution >= 0.6 is 0 Å². The molecule has 0 aliphatic rings. The van der Waals surface area contributed by atoms with Crippen molar-refractivity contribution >= 4 is 15.7 Å². The van der Waals surface area contributed by atoms with Crippen molar-refractivity contribution in [2.45, 2.75) is 4.90 Å². The monoisotopic (exact) mass is 227 g/mol. The molecule has 1 aromatic carbocycles. The molecule has 1 amide bonds. The summed E-state index contributed by atoms with van der Waals surface area (Å²) in [4.78, 5) is 13.1. The molecule has 1 rings (SSSR count). The number of sulfone groups is 1. The fraction of sp³-hybridized carbons (Fsp3) is 0.300. The van der Waals surface area contributed by atoms with E-state index in [4.69, 9.17) is 0 Å². The number of carbonyl (C=O) groups is 1. The van der Waals surface area contributed by atoms with E-state index in [0.29, 0.717) is 5.56 Å². The molecule has 0 aromatic heterocycles. The van der Waals surface area contributed by atoms with Gasteiger partial charge in [0.2, 0.25) is 0 Å². The summed E-state index contributed by atoms with van der Waals surface area (Å²) >= 11 is 0. The van der Waals surface area contributed by atoms with E-state index in [0.717, 1.165) is 6.26 Å². The highest BCUT2D eigenvalue weighted by molar-refractivity contribution is 7.90. The van der Waals surface area contributed by atoms with Gasteiger partial charge in [-0.15, -0.1) is 0 Å². The number of rotatable bonds is 2. The number of hydrogen-bond acceptors (Lipinski definition) is 3. The van der Waals surface area contributed by atoms with E-state index in [9.17, 15) is 13.2 Å². The smallest absolute Gasteiger partial charge is 0.253 e. The molecule has 0 spiro atoms. The zero-order valence-electron chi connectivity index (χ0n) is 8.89. The summed E-state index contributed by atoms with van der Waals surface area (Å²) in [5.41, 5.74) is 0.378. The molecule has 1 aromatic rings. The highest BCUT2D eigenvalue weighted by Gasteiger charge is 2.12. The third-order valence-corrected chi connectivity index (χ3v) is 3.03. The molecule has 0 saturated carbocycles. The van der Waals surface area contributed by atoms with Crippen molar-refractivity contribution in [3.63, 3.8) is 0 Å². The largest absolute Gasteiger partial charge is 0.345 e. The van der Waals surface area contributed by atoms with Gasteiger partial charge in [-0.3, -0.25) is 4.79 Å². The topological polar surface area (TPSA) is 54.5 Å². The quantitative estimate of drug-likeness (QED) is 0.750. The standard InChI is InChI=1S/C10H13NO3S/c1-11(2)10(12)8-5-4-6-9(7-8)15(3,13)14/h4-7H,1-3H3. The average Bonchev–Trinajstić information content (AvgIpc) is 2.15. The molecule has 0 unspecified atom stereocenters. The molecule has 0 aliphatic heterocycles. The zero-order valence-corrected chi connectivity index (χ0v) is 9.71. The molecule has 4 nitrogen and oxygen atoms in total. The van der Waals surface area contributed by atoms with Crippen molar-refractivity contribution in [2.24, 2.45) is 0 Å². The van der Waals surface area contributed by atoms with Crippen LogP contribution in [-0.2, 0) is 9.84 Å². The number of amides is 1. The molecule has 0 fully saturated rings.